The maximum atomic E-state index is 12.4. The van der Waals surface area contributed by atoms with Crippen molar-refractivity contribution in [1.29, 1.82) is 5.26 Å². The van der Waals surface area contributed by atoms with Gasteiger partial charge < -0.3 is 19.9 Å². The van der Waals surface area contributed by atoms with E-state index in [-0.39, 0.29) is 35.1 Å². The number of amides is 1. The number of non-ortho nitro benzene ring substituents is 1. The highest BCUT2D eigenvalue weighted by Gasteiger charge is 2.13. The Bertz CT molecular complexity index is 1040. The van der Waals surface area contributed by atoms with Gasteiger partial charge in [-0.3, -0.25) is 14.9 Å². The zero-order chi connectivity index (χ0) is 22.1. The average molecular weight is 411 g/mol. The zero-order valence-corrected chi connectivity index (χ0v) is 15.8. The van der Waals surface area contributed by atoms with Gasteiger partial charge in [0.1, 0.15) is 11.6 Å². The second kappa shape index (κ2) is 10.2. The Hall–Kier alpha value is -4.39. The van der Waals surface area contributed by atoms with E-state index in [0.29, 0.717) is 5.56 Å². The molecule has 0 aromatic heterocycles. The van der Waals surface area contributed by atoms with Crippen LogP contribution in [0.25, 0.3) is 6.08 Å². The molecule has 0 radical (unpaired) electrons. The molecule has 0 heterocycles. The summed E-state index contributed by atoms with van der Waals surface area (Å²) in [5.74, 6) is -1.44. The molecule has 154 valence electrons. The van der Waals surface area contributed by atoms with Gasteiger partial charge in [-0.15, -0.1) is 0 Å². The number of carbonyl (C=O) groups is 2. The molecule has 0 aliphatic heterocycles. The Morgan fingerprint density at radius 3 is 2.63 bits per heavy atom. The second-order valence-corrected chi connectivity index (χ2v) is 5.75. The predicted octanol–water partition coefficient (Wildman–Crippen LogP) is 3.00. The molecule has 10 nitrogen and oxygen atoms in total. The number of benzene rings is 2. The average Bonchev–Trinajstić information content (AvgIpc) is 2.71. The van der Waals surface area contributed by atoms with Gasteiger partial charge in [0, 0.05) is 17.8 Å². The molecular weight excluding hydrogens is 394 g/mol. The van der Waals surface area contributed by atoms with Crippen LogP contribution >= 0.6 is 0 Å². The fourth-order valence-corrected chi connectivity index (χ4v) is 2.35. The van der Waals surface area contributed by atoms with E-state index in [1.165, 1.54) is 48.5 Å². The van der Waals surface area contributed by atoms with Gasteiger partial charge in [0.25, 0.3) is 11.6 Å². The summed E-state index contributed by atoms with van der Waals surface area (Å²) >= 11 is 0. The van der Waals surface area contributed by atoms with Crippen molar-refractivity contribution in [3.05, 3.63) is 63.7 Å². The summed E-state index contributed by atoms with van der Waals surface area (Å²) in [7, 11) is 0. The fourth-order valence-electron chi connectivity index (χ4n) is 2.35. The first-order chi connectivity index (χ1) is 14.3. The first-order valence-electron chi connectivity index (χ1n) is 8.63. The summed E-state index contributed by atoms with van der Waals surface area (Å²) in [4.78, 5) is 33.3. The minimum atomic E-state index is -1.15. The number of nitriles is 1. The van der Waals surface area contributed by atoms with Crippen molar-refractivity contribution in [2.45, 2.75) is 6.92 Å². The highest BCUT2D eigenvalue weighted by Crippen LogP contribution is 2.29. The number of nitrogens with one attached hydrogen (secondary N) is 1. The molecule has 2 rings (SSSR count). The normalized spacial score (nSPS) is 10.6. The molecule has 0 aliphatic rings. The molecule has 30 heavy (non-hydrogen) atoms. The van der Waals surface area contributed by atoms with Crippen molar-refractivity contribution in [1.82, 2.24) is 0 Å². The Morgan fingerprint density at radius 1 is 1.23 bits per heavy atom. The number of nitro benzene ring substituents is 1. The van der Waals surface area contributed by atoms with E-state index in [9.17, 15) is 25.0 Å². The van der Waals surface area contributed by atoms with Crippen LogP contribution in [0.3, 0.4) is 0 Å². The SMILES string of the molecule is CCOc1cc(C=C(C#N)C(=O)Nc2cccc([N+](=O)[O-])c2)ccc1OCC(=O)O. The van der Waals surface area contributed by atoms with Gasteiger partial charge in [0.15, 0.2) is 18.1 Å². The summed E-state index contributed by atoms with van der Waals surface area (Å²) in [6.45, 7) is 1.47. The van der Waals surface area contributed by atoms with Gasteiger partial charge in [-0.25, -0.2) is 4.79 Å². The van der Waals surface area contributed by atoms with Crippen LogP contribution in [0.4, 0.5) is 11.4 Å². The number of rotatable bonds is 9. The van der Waals surface area contributed by atoms with E-state index >= 15 is 0 Å². The summed E-state index contributed by atoms with van der Waals surface area (Å²) in [6, 6.07) is 11.6. The minimum absolute atomic E-state index is 0.169. The van der Waals surface area contributed by atoms with Crippen LogP contribution in [-0.4, -0.2) is 35.1 Å². The molecular formula is C20H17N3O7. The summed E-state index contributed by atoms with van der Waals surface area (Å²) in [5, 5.41) is 31.4. The molecule has 10 heteroatoms. The number of carboxylic acids is 1. The number of carboxylic acid groups (broad SMARTS) is 1. The van der Waals surface area contributed by atoms with E-state index < -0.39 is 23.4 Å². The maximum absolute atomic E-state index is 12.4. The lowest BCUT2D eigenvalue weighted by atomic mass is 10.1. The van der Waals surface area contributed by atoms with Crippen LogP contribution < -0.4 is 14.8 Å². The number of nitro groups is 1. The van der Waals surface area contributed by atoms with E-state index in [4.69, 9.17) is 14.6 Å². The number of nitrogens with zero attached hydrogens (tertiary/aromatic N) is 2. The lowest BCUT2D eigenvalue weighted by Gasteiger charge is -2.11. The zero-order valence-electron chi connectivity index (χ0n) is 15.8. The van der Waals surface area contributed by atoms with Gasteiger partial charge in [-0.1, -0.05) is 12.1 Å². The third-order valence-electron chi connectivity index (χ3n) is 3.61. The van der Waals surface area contributed by atoms with Crippen LogP contribution in [0, 0.1) is 21.4 Å². The quantitative estimate of drug-likeness (QED) is 0.276. The van der Waals surface area contributed by atoms with Crippen LogP contribution in [0.2, 0.25) is 0 Å². The van der Waals surface area contributed by atoms with Gasteiger partial charge in [-0.05, 0) is 36.8 Å². The summed E-state index contributed by atoms with van der Waals surface area (Å²) in [5.41, 5.74) is 0.159. The topological polar surface area (TPSA) is 152 Å². The number of hydrogen-bond acceptors (Lipinski definition) is 7. The van der Waals surface area contributed by atoms with Crippen molar-refractivity contribution in [3.63, 3.8) is 0 Å². The van der Waals surface area contributed by atoms with Crippen LogP contribution in [0.15, 0.2) is 48.0 Å². The Labute approximate surface area is 171 Å². The molecule has 2 aromatic rings. The molecule has 0 unspecified atom stereocenters. The molecule has 1 amide bonds. The molecule has 0 saturated heterocycles. The van der Waals surface area contributed by atoms with Crippen molar-refractivity contribution in [2.75, 3.05) is 18.5 Å². The first-order valence-corrected chi connectivity index (χ1v) is 8.63. The monoisotopic (exact) mass is 411 g/mol. The van der Waals surface area contributed by atoms with E-state index in [1.54, 1.807) is 13.0 Å². The molecule has 0 bridgehead atoms. The lowest BCUT2D eigenvalue weighted by Crippen LogP contribution is -2.13. The maximum Gasteiger partial charge on any atom is 0.341 e. The standard InChI is InChI=1S/C20H17N3O7/c1-2-29-18-9-13(6-7-17(18)30-12-19(24)25)8-14(11-21)20(26)22-15-4-3-5-16(10-15)23(27)28/h3-10H,2,12H2,1H3,(H,22,26)(H,24,25). The van der Waals surface area contributed by atoms with Gasteiger partial charge in [-0.2, -0.15) is 5.26 Å². The molecule has 2 N–H and O–H groups in total. The number of anilines is 1. The Kier molecular flexibility index (Phi) is 7.47. The molecule has 2 aromatic carbocycles. The smallest absolute Gasteiger partial charge is 0.341 e. The van der Waals surface area contributed by atoms with Gasteiger partial charge >= 0.3 is 5.97 Å². The Balaban J connectivity index is 2.25. The summed E-state index contributed by atoms with van der Waals surface area (Å²) in [6.07, 6.45) is 1.30. The Morgan fingerprint density at radius 2 is 2.00 bits per heavy atom. The third-order valence-corrected chi connectivity index (χ3v) is 3.61. The number of aliphatic carboxylic acids is 1. The van der Waals surface area contributed by atoms with Crippen molar-refractivity contribution in [3.8, 4) is 17.6 Å². The summed E-state index contributed by atoms with van der Waals surface area (Å²) < 4.78 is 10.6. The first kappa shape index (κ1) is 21.9. The largest absolute Gasteiger partial charge is 0.490 e. The predicted molar refractivity (Wildman–Crippen MR) is 106 cm³/mol. The number of hydrogen-bond donors (Lipinski definition) is 2. The number of ether oxygens (including phenoxy) is 2. The molecule has 0 fully saturated rings. The van der Waals surface area contributed by atoms with E-state index in [0.717, 1.165) is 0 Å². The molecule has 0 spiro atoms. The highest BCUT2D eigenvalue weighted by molar-refractivity contribution is 6.09. The molecule has 0 atom stereocenters. The second-order valence-electron chi connectivity index (χ2n) is 5.75. The van der Waals surface area contributed by atoms with Crippen molar-refractivity contribution < 1.29 is 29.1 Å². The highest BCUT2D eigenvalue weighted by atomic mass is 16.6. The van der Waals surface area contributed by atoms with Crippen molar-refractivity contribution in [2.24, 2.45) is 0 Å². The number of carbonyl (C=O) groups excluding carboxylic acids is 1. The molecule has 0 aliphatic carbocycles. The van der Waals surface area contributed by atoms with Gasteiger partial charge in [0.2, 0.25) is 0 Å². The third kappa shape index (κ3) is 6.07. The van der Waals surface area contributed by atoms with E-state index in [1.807, 2.05) is 0 Å². The fraction of sp³-hybridized carbons (Fsp3) is 0.150. The van der Waals surface area contributed by atoms with Gasteiger partial charge in [0.05, 0.1) is 11.5 Å². The molecule has 0 saturated carbocycles. The van der Waals surface area contributed by atoms with Crippen LogP contribution in [0.5, 0.6) is 11.5 Å². The lowest BCUT2D eigenvalue weighted by molar-refractivity contribution is -0.384. The van der Waals surface area contributed by atoms with Crippen molar-refractivity contribution >= 4 is 29.3 Å². The van der Waals surface area contributed by atoms with Crippen LogP contribution in [-0.2, 0) is 9.59 Å². The minimum Gasteiger partial charge on any atom is -0.490 e. The van der Waals surface area contributed by atoms with E-state index in [2.05, 4.69) is 5.32 Å². The van der Waals surface area contributed by atoms with Crippen LogP contribution in [0.1, 0.15) is 12.5 Å².